The number of likely N-dealkylation sites (N-methyl/N-ethyl adjacent to an activating group) is 1. The molecule has 5 heteroatoms. The van der Waals surface area contributed by atoms with E-state index in [0.717, 1.165) is 12.0 Å². The minimum atomic E-state index is -0.266. The molecule has 0 saturated heterocycles. The van der Waals surface area contributed by atoms with Crippen molar-refractivity contribution >= 4 is 11.9 Å². The zero-order valence-corrected chi connectivity index (χ0v) is 12.3. The molecular formula is C15H22N2O3. The van der Waals surface area contributed by atoms with Crippen molar-refractivity contribution in [3.63, 3.8) is 0 Å². The van der Waals surface area contributed by atoms with Crippen LogP contribution in [0.4, 0.5) is 0 Å². The quantitative estimate of drug-likeness (QED) is 0.712. The predicted octanol–water partition coefficient (Wildman–Crippen LogP) is 1.67. The number of carbonyl (C=O) groups excluding carboxylic acids is 2. The zero-order valence-electron chi connectivity index (χ0n) is 12.3. The summed E-state index contributed by atoms with van der Waals surface area (Å²) in [6.07, 6.45) is 5.18. The van der Waals surface area contributed by atoms with Gasteiger partial charge in [-0.1, -0.05) is 6.92 Å². The molecule has 1 aromatic heterocycles. The second kappa shape index (κ2) is 8.30. The maximum Gasteiger partial charge on any atom is 0.308 e. The highest BCUT2D eigenvalue weighted by atomic mass is 16.5. The van der Waals surface area contributed by atoms with Gasteiger partial charge in [0.1, 0.15) is 0 Å². The lowest BCUT2D eigenvalue weighted by Gasteiger charge is -2.18. The van der Waals surface area contributed by atoms with Crippen LogP contribution in [0.1, 0.15) is 25.3 Å². The molecule has 0 aliphatic carbocycles. The van der Waals surface area contributed by atoms with Crippen molar-refractivity contribution in [2.45, 2.75) is 26.2 Å². The number of ether oxygens (including phenoxy) is 1. The molecule has 0 aromatic carbocycles. The number of aromatic nitrogens is 1. The number of rotatable bonds is 7. The second-order valence-electron chi connectivity index (χ2n) is 4.88. The Hall–Kier alpha value is -1.91. The Morgan fingerprint density at radius 1 is 1.35 bits per heavy atom. The van der Waals surface area contributed by atoms with Crippen molar-refractivity contribution in [1.82, 2.24) is 9.88 Å². The van der Waals surface area contributed by atoms with Crippen molar-refractivity contribution in [2.24, 2.45) is 5.92 Å². The molecule has 0 saturated carbocycles. The van der Waals surface area contributed by atoms with Gasteiger partial charge >= 0.3 is 5.97 Å². The Morgan fingerprint density at radius 3 is 2.60 bits per heavy atom. The van der Waals surface area contributed by atoms with Gasteiger partial charge in [-0.05, 0) is 30.5 Å². The van der Waals surface area contributed by atoms with Gasteiger partial charge in [-0.3, -0.25) is 14.6 Å². The van der Waals surface area contributed by atoms with E-state index in [2.05, 4.69) is 9.72 Å². The van der Waals surface area contributed by atoms with Gasteiger partial charge in [-0.15, -0.1) is 0 Å². The van der Waals surface area contributed by atoms with Gasteiger partial charge in [-0.25, -0.2) is 0 Å². The largest absolute Gasteiger partial charge is 0.469 e. The Morgan fingerprint density at radius 2 is 2.00 bits per heavy atom. The van der Waals surface area contributed by atoms with Crippen LogP contribution in [0.3, 0.4) is 0 Å². The van der Waals surface area contributed by atoms with Gasteiger partial charge in [0.05, 0.1) is 13.0 Å². The minimum absolute atomic E-state index is 0.0507. The predicted molar refractivity (Wildman–Crippen MR) is 76.0 cm³/mol. The van der Waals surface area contributed by atoms with Crippen LogP contribution in [0.25, 0.3) is 0 Å². The molecule has 1 heterocycles. The van der Waals surface area contributed by atoms with Crippen molar-refractivity contribution in [2.75, 3.05) is 20.7 Å². The van der Waals surface area contributed by atoms with Gasteiger partial charge in [0.15, 0.2) is 0 Å². The number of esters is 1. The molecule has 1 amide bonds. The average Bonchev–Trinajstić information content (AvgIpc) is 2.49. The summed E-state index contributed by atoms with van der Waals surface area (Å²) in [5.74, 6) is -0.454. The van der Waals surface area contributed by atoms with Crippen LogP contribution in [-0.4, -0.2) is 42.5 Å². The third-order valence-corrected chi connectivity index (χ3v) is 3.31. The van der Waals surface area contributed by atoms with Gasteiger partial charge in [-0.2, -0.15) is 0 Å². The topological polar surface area (TPSA) is 59.5 Å². The van der Waals surface area contributed by atoms with Crippen LogP contribution in [0.15, 0.2) is 24.5 Å². The van der Waals surface area contributed by atoms with Crippen LogP contribution in [-0.2, 0) is 20.7 Å². The normalized spacial score (nSPS) is 11.8. The molecule has 5 nitrogen and oxygen atoms in total. The summed E-state index contributed by atoms with van der Waals surface area (Å²) in [5, 5.41) is 0. The van der Waals surface area contributed by atoms with E-state index in [4.69, 9.17) is 0 Å². The van der Waals surface area contributed by atoms with E-state index in [1.807, 2.05) is 12.1 Å². The third-order valence-electron chi connectivity index (χ3n) is 3.31. The fourth-order valence-corrected chi connectivity index (χ4v) is 1.82. The molecule has 0 radical (unpaired) electrons. The monoisotopic (exact) mass is 278 g/mol. The minimum Gasteiger partial charge on any atom is -0.469 e. The molecule has 1 atom stereocenters. The molecule has 0 N–H and O–H groups in total. The molecule has 0 bridgehead atoms. The van der Waals surface area contributed by atoms with Crippen molar-refractivity contribution in [1.29, 1.82) is 0 Å². The molecule has 0 spiro atoms. The number of nitrogens with zero attached hydrogens (tertiary/aromatic N) is 2. The highest BCUT2D eigenvalue weighted by Crippen LogP contribution is 2.09. The first kappa shape index (κ1) is 16.1. The van der Waals surface area contributed by atoms with Crippen LogP contribution in [0, 0.1) is 5.92 Å². The number of carbonyl (C=O) groups is 2. The van der Waals surface area contributed by atoms with Gasteiger partial charge < -0.3 is 9.64 Å². The fraction of sp³-hybridized carbons (Fsp3) is 0.533. The highest BCUT2D eigenvalue weighted by molar-refractivity contribution is 5.77. The lowest BCUT2D eigenvalue weighted by molar-refractivity contribution is -0.145. The molecule has 0 unspecified atom stereocenters. The van der Waals surface area contributed by atoms with E-state index in [9.17, 15) is 9.59 Å². The van der Waals surface area contributed by atoms with E-state index < -0.39 is 0 Å². The van der Waals surface area contributed by atoms with Crippen LogP contribution in [0.2, 0.25) is 0 Å². The Bertz CT molecular complexity index is 434. The number of hydrogen-bond acceptors (Lipinski definition) is 4. The second-order valence-corrected chi connectivity index (χ2v) is 4.88. The molecular weight excluding hydrogens is 256 g/mol. The summed E-state index contributed by atoms with van der Waals surface area (Å²) in [6, 6.07) is 3.88. The van der Waals surface area contributed by atoms with Crippen LogP contribution < -0.4 is 0 Å². The SMILES string of the molecule is COC(=O)[C@@H](C)CCC(=O)N(C)CCc1ccncc1. The molecule has 0 aliphatic heterocycles. The van der Waals surface area contributed by atoms with E-state index in [1.165, 1.54) is 7.11 Å². The molecule has 0 fully saturated rings. The summed E-state index contributed by atoms with van der Waals surface area (Å²) < 4.78 is 4.64. The fourth-order valence-electron chi connectivity index (χ4n) is 1.82. The summed E-state index contributed by atoms with van der Waals surface area (Å²) in [7, 11) is 3.15. The maximum absolute atomic E-state index is 11.9. The molecule has 1 aromatic rings. The van der Waals surface area contributed by atoms with Gasteiger partial charge in [0, 0.05) is 32.4 Å². The summed E-state index contributed by atoms with van der Waals surface area (Å²) in [5.41, 5.74) is 1.16. The van der Waals surface area contributed by atoms with E-state index in [-0.39, 0.29) is 17.8 Å². The summed E-state index contributed by atoms with van der Waals surface area (Å²) in [4.78, 5) is 28.8. The van der Waals surface area contributed by atoms with Crippen LogP contribution >= 0.6 is 0 Å². The Balaban J connectivity index is 2.31. The third kappa shape index (κ3) is 5.38. The van der Waals surface area contributed by atoms with Gasteiger partial charge in [0.2, 0.25) is 5.91 Å². The molecule has 0 aliphatic rings. The van der Waals surface area contributed by atoms with Crippen molar-refractivity contribution < 1.29 is 14.3 Å². The number of amides is 1. The molecule has 110 valence electrons. The van der Waals surface area contributed by atoms with Gasteiger partial charge in [0.25, 0.3) is 0 Å². The average molecular weight is 278 g/mol. The van der Waals surface area contributed by atoms with Crippen LogP contribution in [0.5, 0.6) is 0 Å². The summed E-state index contributed by atoms with van der Waals surface area (Å²) >= 11 is 0. The van der Waals surface area contributed by atoms with Crippen molar-refractivity contribution in [3.8, 4) is 0 Å². The Kier molecular flexibility index (Phi) is 6.70. The van der Waals surface area contributed by atoms with E-state index in [1.54, 1.807) is 31.3 Å². The maximum atomic E-state index is 11.9. The first-order valence-electron chi connectivity index (χ1n) is 6.75. The van der Waals surface area contributed by atoms with Crippen molar-refractivity contribution in [3.05, 3.63) is 30.1 Å². The first-order valence-corrected chi connectivity index (χ1v) is 6.75. The Labute approximate surface area is 119 Å². The number of pyridine rings is 1. The zero-order chi connectivity index (χ0) is 15.0. The number of methoxy groups -OCH3 is 1. The van der Waals surface area contributed by atoms with E-state index >= 15 is 0 Å². The first-order chi connectivity index (χ1) is 9.54. The smallest absolute Gasteiger partial charge is 0.308 e. The standard InChI is InChI=1S/C15H22N2O3/c1-12(15(19)20-3)4-5-14(18)17(2)11-8-13-6-9-16-10-7-13/h6-7,9-10,12H,4-5,8,11H2,1-3H3/t12-/m0/s1. The van der Waals surface area contributed by atoms with E-state index in [0.29, 0.717) is 19.4 Å². The highest BCUT2D eigenvalue weighted by Gasteiger charge is 2.16. The molecule has 20 heavy (non-hydrogen) atoms. The number of hydrogen-bond donors (Lipinski definition) is 0. The lowest BCUT2D eigenvalue weighted by atomic mass is 10.1. The lowest BCUT2D eigenvalue weighted by Crippen LogP contribution is -2.29. The molecule has 1 rings (SSSR count). The summed E-state index contributed by atoms with van der Waals surface area (Å²) in [6.45, 7) is 2.44.